The van der Waals surface area contributed by atoms with Crippen molar-refractivity contribution in [1.29, 1.82) is 0 Å². The Bertz CT molecular complexity index is 1270. The van der Waals surface area contributed by atoms with Crippen LogP contribution >= 0.6 is 0 Å². The van der Waals surface area contributed by atoms with E-state index >= 15 is 0 Å². The van der Waals surface area contributed by atoms with Gasteiger partial charge in [-0.3, -0.25) is 0 Å². The number of aromatic nitrogens is 2. The van der Waals surface area contributed by atoms with Crippen LogP contribution in [0.25, 0.3) is 0 Å². The maximum absolute atomic E-state index is 13.1. The SMILES string of the molecule is COc1ccc(C(Cc2ccc(C(F)(F)F)cc2)c2nc(N)n(C)c2C(O)c2ccccc2)cc1. The molecule has 0 saturated heterocycles. The summed E-state index contributed by atoms with van der Waals surface area (Å²) in [6, 6.07) is 21.7. The predicted octanol–water partition coefficient (Wildman–Crippen LogP) is 5.49. The first-order valence-corrected chi connectivity index (χ1v) is 11.0. The minimum absolute atomic E-state index is 0.232. The van der Waals surface area contributed by atoms with E-state index in [1.54, 1.807) is 18.7 Å². The molecule has 35 heavy (non-hydrogen) atoms. The molecule has 2 atom stereocenters. The number of hydrogen-bond acceptors (Lipinski definition) is 4. The first-order chi connectivity index (χ1) is 16.7. The largest absolute Gasteiger partial charge is 0.497 e. The zero-order valence-electron chi connectivity index (χ0n) is 19.3. The van der Waals surface area contributed by atoms with Crippen molar-refractivity contribution in [2.75, 3.05) is 12.8 Å². The number of aliphatic hydroxyl groups is 1. The van der Waals surface area contributed by atoms with Gasteiger partial charge in [0.1, 0.15) is 11.9 Å². The Morgan fingerprint density at radius 3 is 2.14 bits per heavy atom. The van der Waals surface area contributed by atoms with Gasteiger partial charge < -0.3 is 20.1 Å². The second-order valence-corrected chi connectivity index (χ2v) is 8.34. The monoisotopic (exact) mass is 481 g/mol. The highest BCUT2D eigenvalue weighted by molar-refractivity contribution is 5.44. The summed E-state index contributed by atoms with van der Waals surface area (Å²) >= 11 is 0. The zero-order valence-corrected chi connectivity index (χ0v) is 19.3. The summed E-state index contributed by atoms with van der Waals surface area (Å²) in [5, 5.41) is 11.3. The second-order valence-electron chi connectivity index (χ2n) is 8.34. The molecule has 3 N–H and O–H groups in total. The zero-order chi connectivity index (χ0) is 25.2. The Balaban J connectivity index is 1.80. The molecular weight excluding hydrogens is 455 g/mol. The molecule has 0 aliphatic heterocycles. The van der Waals surface area contributed by atoms with Crippen LogP contribution < -0.4 is 10.5 Å². The van der Waals surface area contributed by atoms with Crippen molar-refractivity contribution in [3.8, 4) is 5.75 Å². The number of nitrogen functional groups attached to an aromatic ring is 1. The van der Waals surface area contributed by atoms with Crippen LogP contribution in [0.4, 0.5) is 19.1 Å². The minimum atomic E-state index is -4.41. The number of hydrogen-bond donors (Lipinski definition) is 2. The van der Waals surface area contributed by atoms with E-state index in [2.05, 4.69) is 4.98 Å². The third-order valence-electron chi connectivity index (χ3n) is 6.15. The van der Waals surface area contributed by atoms with Gasteiger partial charge >= 0.3 is 6.18 Å². The Kier molecular flexibility index (Phi) is 6.84. The molecule has 0 saturated carbocycles. The molecule has 182 valence electrons. The van der Waals surface area contributed by atoms with Crippen LogP contribution in [0, 0.1) is 0 Å². The second kappa shape index (κ2) is 9.84. The lowest BCUT2D eigenvalue weighted by Gasteiger charge is -2.21. The van der Waals surface area contributed by atoms with E-state index in [0.717, 1.165) is 17.7 Å². The molecule has 0 fully saturated rings. The third-order valence-corrected chi connectivity index (χ3v) is 6.15. The Morgan fingerprint density at radius 2 is 1.57 bits per heavy atom. The van der Waals surface area contributed by atoms with Crippen molar-refractivity contribution in [3.63, 3.8) is 0 Å². The average molecular weight is 482 g/mol. The van der Waals surface area contributed by atoms with Crippen molar-refractivity contribution in [2.24, 2.45) is 7.05 Å². The topological polar surface area (TPSA) is 73.3 Å². The van der Waals surface area contributed by atoms with Gasteiger partial charge in [-0.05, 0) is 47.4 Å². The van der Waals surface area contributed by atoms with Crippen LogP contribution in [-0.2, 0) is 19.6 Å². The lowest BCUT2D eigenvalue weighted by Crippen LogP contribution is -2.14. The van der Waals surface area contributed by atoms with Gasteiger partial charge in [0.25, 0.3) is 0 Å². The van der Waals surface area contributed by atoms with Gasteiger partial charge in [-0.1, -0.05) is 54.6 Å². The Labute approximate surface area is 201 Å². The first-order valence-electron chi connectivity index (χ1n) is 11.0. The number of anilines is 1. The number of rotatable bonds is 7. The van der Waals surface area contributed by atoms with Crippen LogP contribution in [0.3, 0.4) is 0 Å². The van der Waals surface area contributed by atoms with E-state index in [4.69, 9.17) is 10.5 Å². The summed E-state index contributed by atoms with van der Waals surface area (Å²) in [7, 11) is 3.30. The number of halogens is 3. The van der Waals surface area contributed by atoms with E-state index in [0.29, 0.717) is 34.7 Å². The highest BCUT2D eigenvalue weighted by atomic mass is 19.4. The number of imidazole rings is 1. The lowest BCUT2D eigenvalue weighted by atomic mass is 9.86. The van der Waals surface area contributed by atoms with Gasteiger partial charge in [-0.25, -0.2) is 4.98 Å². The smallest absolute Gasteiger partial charge is 0.416 e. The maximum atomic E-state index is 13.1. The molecule has 0 aliphatic rings. The minimum Gasteiger partial charge on any atom is -0.497 e. The molecule has 3 aromatic carbocycles. The molecule has 0 spiro atoms. The van der Waals surface area contributed by atoms with Gasteiger partial charge in [0.15, 0.2) is 5.95 Å². The average Bonchev–Trinajstić information content (AvgIpc) is 3.16. The fourth-order valence-corrected chi connectivity index (χ4v) is 4.20. The molecule has 0 radical (unpaired) electrons. The van der Waals surface area contributed by atoms with Gasteiger partial charge in [0, 0.05) is 13.0 Å². The normalized spacial score (nSPS) is 13.4. The van der Waals surface area contributed by atoms with Crippen LogP contribution in [0.1, 0.15) is 45.7 Å². The number of alkyl halides is 3. The number of ether oxygens (including phenoxy) is 1. The summed E-state index contributed by atoms with van der Waals surface area (Å²) in [6.45, 7) is 0. The Morgan fingerprint density at radius 1 is 0.943 bits per heavy atom. The third kappa shape index (κ3) is 5.17. The maximum Gasteiger partial charge on any atom is 0.416 e. The predicted molar refractivity (Wildman–Crippen MR) is 128 cm³/mol. The van der Waals surface area contributed by atoms with Crippen molar-refractivity contribution in [3.05, 3.63) is 113 Å². The van der Waals surface area contributed by atoms with E-state index in [1.807, 2.05) is 54.6 Å². The number of nitrogens with two attached hydrogens (primary N) is 1. The number of benzene rings is 3. The number of aliphatic hydroxyl groups excluding tert-OH is 1. The van der Waals surface area contributed by atoms with E-state index < -0.39 is 17.8 Å². The molecule has 2 unspecified atom stereocenters. The summed E-state index contributed by atoms with van der Waals surface area (Å²) in [5.41, 5.74) is 8.81. The molecule has 1 heterocycles. The van der Waals surface area contributed by atoms with E-state index in [9.17, 15) is 18.3 Å². The molecular formula is C27H26F3N3O2. The molecule has 1 aromatic heterocycles. The molecule has 0 aliphatic carbocycles. The summed E-state index contributed by atoms with van der Waals surface area (Å²) in [6.07, 6.45) is -5.04. The van der Waals surface area contributed by atoms with Gasteiger partial charge in [-0.15, -0.1) is 0 Å². The molecule has 4 rings (SSSR count). The van der Waals surface area contributed by atoms with Crippen LogP contribution in [-0.4, -0.2) is 21.8 Å². The fraction of sp³-hybridized carbons (Fsp3) is 0.222. The van der Waals surface area contributed by atoms with Crippen LogP contribution in [0.2, 0.25) is 0 Å². The van der Waals surface area contributed by atoms with Crippen molar-refractivity contribution < 1.29 is 23.0 Å². The summed E-state index contributed by atoms with van der Waals surface area (Å²) < 4.78 is 46.1. The van der Waals surface area contributed by atoms with Gasteiger partial charge in [-0.2, -0.15) is 13.2 Å². The molecule has 5 nitrogen and oxygen atoms in total. The van der Waals surface area contributed by atoms with Gasteiger partial charge in [0.05, 0.1) is 24.1 Å². The van der Waals surface area contributed by atoms with Crippen molar-refractivity contribution >= 4 is 5.95 Å². The quantitative estimate of drug-likeness (QED) is 0.366. The van der Waals surface area contributed by atoms with Crippen molar-refractivity contribution in [1.82, 2.24) is 9.55 Å². The van der Waals surface area contributed by atoms with E-state index in [1.165, 1.54) is 12.1 Å². The number of nitrogens with zero attached hydrogens (tertiary/aromatic N) is 2. The highest BCUT2D eigenvalue weighted by Crippen LogP contribution is 2.37. The number of methoxy groups -OCH3 is 1. The molecule has 8 heteroatoms. The highest BCUT2D eigenvalue weighted by Gasteiger charge is 2.31. The Hall–Kier alpha value is -3.78. The standard InChI is InChI=1S/C27H26F3N3O2/c1-33-24(25(34)19-6-4-3-5-7-19)23(32-26(33)31)22(18-10-14-21(35-2)15-11-18)16-17-8-12-20(13-9-17)27(28,29)30/h3-15,22,25,34H,16H2,1-2H3,(H2,31,32). The lowest BCUT2D eigenvalue weighted by molar-refractivity contribution is -0.137. The van der Waals surface area contributed by atoms with Crippen LogP contribution in [0.5, 0.6) is 5.75 Å². The fourth-order valence-electron chi connectivity index (χ4n) is 4.20. The first kappa shape index (κ1) is 24.3. The molecule has 4 aromatic rings. The summed E-state index contributed by atoms with van der Waals surface area (Å²) in [4.78, 5) is 4.60. The van der Waals surface area contributed by atoms with Crippen LogP contribution in [0.15, 0.2) is 78.9 Å². The van der Waals surface area contributed by atoms with Crippen molar-refractivity contribution in [2.45, 2.75) is 24.6 Å². The molecule has 0 amide bonds. The molecule has 0 bridgehead atoms. The van der Waals surface area contributed by atoms with E-state index in [-0.39, 0.29) is 11.9 Å². The summed E-state index contributed by atoms with van der Waals surface area (Å²) in [5.74, 6) is 0.525. The van der Waals surface area contributed by atoms with Gasteiger partial charge in [0.2, 0.25) is 0 Å².